The zero-order chi connectivity index (χ0) is 23.3. The van der Waals surface area contributed by atoms with Crippen LogP contribution in [0.1, 0.15) is 12.8 Å². The molecule has 2 aliphatic heterocycles. The summed E-state index contributed by atoms with van der Waals surface area (Å²) in [4.78, 5) is 19.3. The summed E-state index contributed by atoms with van der Waals surface area (Å²) in [5.41, 5.74) is 2.16. The molecule has 0 saturated carbocycles. The van der Waals surface area contributed by atoms with Crippen molar-refractivity contribution in [2.75, 3.05) is 32.6 Å². The molecule has 0 unspecified atom stereocenters. The predicted molar refractivity (Wildman–Crippen MR) is 131 cm³/mol. The lowest BCUT2D eigenvalue weighted by atomic mass is 10.1. The van der Waals surface area contributed by atoms with Crippen LogP contribution >= 0.6 is 11.8 Å². The van der Waals surface area contributed by atoms with Crippen LogP contribution < -0.4 is 9.47 Å². The normalized spacial score (nSPS) is 19.2. The summed E-state index contributed by atoms with van der Waals surface area (Å²) in [5, 5.41) is 0.835. The Labute approximate surface area is 204 Å². The van der Waals surface area contributed by atoms with Gasteiger partial charge in [0.1, 0.15) is 6.61 Å². The molecule has 0 N–H and O–H groups in total. The molecule has 0 radical (unpaired) electrons. The van der Waals surface area contributed by atoms with Gasteiger partial charge in [-0.1, -0.05) is 54.2 Å². The van der Waals surface area contributed by atoms with E-state index in [0.717, 1.165) is 53.9 Å². The fourth-order valence-electron chi connectivity index (χ4n) is 4.28. The third-order valence-corrected chi connectivity index (χ3v) is 7.07. The Balaban J connectivity index is 1.22. The van der Waals surface area contributed by atoms with Crippen LogP contribution in [-0.2, 0) is 16.1 Å². The second kappa shape index (κ2) is 10.5. The number of imidazole rings is 1. The summed E-state index contributed by atoms with van der Waals surface area (Å²) in [6.07, 6.45) is 4.01. The molecule has 178 valence electrons. The van der Waals surface area contributed by atoms with Gasteiger partial charge in [-0.25, -0.2) is 4.98 Å². The monoisotopic (exact) mass is 479 g/mol. The number of benzene rings is 2. The minimum atomic E-state index is -0.194. The summed E-state index contributed by atoms with van der Waals surface area (Å²) in [6, 6.07) is 17.8. The number of amides is 1. The van der Waals surface area contributed by atoms with Crippen LogP contribution in [0.5, 0.6) is 11.5 Å². The van der Waals surface area contributed by atoms with E-state index >= 15 is 0 Å². The fraction of sp³-hybridized carbons (Fsp3) is 0.385. The number of likely N-dealkylation sites (N-methyl/N-ethyl adjacent to an activating group) is 1. The van der Waals surface area contributed by atoms with Crippen LogP contribution in [0.15, 0.2) is 66.0 Å². The van der Waals surface area contributed by atoms with Crippen molar-refractivity contribution in [3.63, 3.8) is 0 Å². The van der Waals surface area contributed by atoms with Crippen molar-refractivity contribution in [3.05, 3.63) is 60.8 Å². The van der Waals surface area contributed by atoms with Crippen LogP contribution in [0.2, 0.25) is 0 Å². The SMILES string of the molecule is CN(C[C@H]1COc2ccccc2O1)C(=O)CSc1ncc(-c2ccccc2)n1C[C@H]1CCCO1. The number of nitrogens with zero attached hydrogens (tertiary/aromatic N) is 3. The lowest BCUT2D eigenvalue weighted by Gasteiger charge is -2.29. The quantitative estimate of drug-likeness (QED) is 0.453. The van der Waals surface area contributed by atoms with Gasteiger partial charge in [-0.05, 0) is 30.5 Å². The minimum Gasteiger partial charge on any atom is -0.486 e. The summed E-state index contributed by atoms with van der Waals surface area (Å²) in [6.45, 7) is 2.44. The van der Waals surface area contributed by atoms with Gasteiger partial charge in [0.25, 0.3) is 0 Å². The number of rotatable bonds is 8. The zero-order valence-electron chi connectivity index (χ0n) is 19.3. The smallest absolute Gasteiger partial charge is 0.232 e. The molecule has 0 spiro atoms. The van der Waals surface area contributed by atoms with Gasteiger partial charge in [-0.15, -0.1) is 0 Å². The highest BCUT2D eigenvalue weighted by molar-refractivity contribution is 7.99. The van der Waals surface area contributed by atoms with Crippen molar-refractivity contribution in [1.82, 2.24) is 14.5 Å². The average Bonchev–Trinajstić information content (AvgIpc) is 3.53. The highest BCUT2D eigenvalue weighted by Gasteiger charge is 2.25. The Morgan fingerprint density at radius 3 is 2.71 bits per heavy atom. The van der Waals surface area contributed by atoms with Crippen molar-refractivity contribution in [1.29, 1.82) is 0 Å². The number of hydrogen-bond donors (Lipinski definition) is 0. The van der Waals surface area contributed by atoms with Gasteiger partial charge in [0.15, 0.2) is 22.8 Å². The predicted octanol–water partition coefficient (Wildman–Crippen LogP) is 4.12. The summed E-state index contributed by atoms with van der Waals surface area (Å²) in [7, 11) is 1.81. The Morgan fingerprint density at radius 2 is 1.91 bits per heavy atom. The van der Waals surface area contributed by atoms with Crippen molar-refractivity contribution < 1.29 is 19.0 Å². The number of thioether (sulfide) groups is 1. The highest BCUT2D eigenvalue weighted by Crippen LogP contribution is 2.31. The number of hydrogen-bond acceptors (Lipinski definition) is 6. The molecule has 2 atom stereocenters. The van der Waals surface area contributed by atoms with Gasteiger partial charge >= 0.3 is 0 Å². The van der Waals surface area contributed by atoms with Gasteiger partial charge in [0.05, 0.1) is 36.8 Å². The van der Waals surface area contributed by atoms with E-state index in [-0.39, 0.29) is 18.1 Å². The standard InChI is InChI=1S/C26H29N3O4S/c1-28(15-21-17-32-23-11-5-6-12-24(23)33-21)25(30)18-34-26-27-14-22(19-8-3-2-4-9-19)29(26)16-20-10-7-13-31-20/h2-6,8-9,11-12,14,20-21H,7,10,13,15-18H2,1H3/t20-,21+/m1/s1. The van der Waals surface area contributed by atoms with E-state index in [1.165, 1.54) is 11.8 Å². The molecule has 3 aromatic rings. The summed E-state index contributed by atoms with van der Waals surface area (Å²) >= 11 is 1.47. The van der Waals surface area contributed by atoms with Crippen LogP contribution in [0, 0.1) is 0 Å². The molecule has 5 rings (SSSR count). The van der Waals surface area contributed by atoms with E-state index in [0.29, 0.717) is 18.9 Å². The lowest BCUT2D eigenvalue weighted by molar-refractivity contribution is -0.128. The van der Waals surface area contributed by atoms with E-state index < -0.39 is 0 Å². The molecular formula is C26H29N3O4S. The summed E-state index contributed by atoms with van der Waals surface area (Å²) in [5.74, 6) is 1.80. The molecule has 0 bridgehead atoms. The van der Waals surface area contributed by atoms with Crippen LogP contribution in [0.3, 0.4) is 0 Å². The number of carbonyl (C=O) groups is 1. The molecule has 8 heteroatoms. The van der Waals surface area contributed by atoms with E-state index in [1.807, 2.05) is 48.7 Å². The second-order valence-corrected chi connectivity index (χ2v) is 9.54. The van der Waals surface area contributed by atoms with Crippen molar-refractivity contribution in [2.45, 2.75) is 36.8 Å². The topological polar surface area (TPSA) is 65.8 Å². The van der Waals surface area contributed by atoms with Crippen LogP contribution in [0.4, 0.5) is 0 Å². The maximum Gasteiger partial charge on any atom is 0.232 e. The fourth-order valence-corrected chi connectivity index (χ4v) is 5.21. The molecule has 1 aromatic heterocycles. The van der Waals surface area contributed by atoms with Gasteiger partial charge in [0, 0.05) is 13.7 Å². The zero-order valence-corrected chi connectivity index (χ0v) is 20.1. The van der Waals surface area contributed by atoms with Crippen molar-refractivity contribution in [2.24, 2.45) is 0 Å². The van der Waals surface area contributed by atoms with Crippen LogP contribution in [0.25, 0.3) is 11.3 Å². The molecule has 34 heavy (non-hydrogen) atoms. The van der Waals surface area contributed by atoms with E-state index in [4.69, 9.17) is 14.2 Å². The Kier molecular flexibility index (Phi) is 7.06. The van der Waals surface area contributed by atoms with Crippen molar-refractivity contribution >= 4 is 17.7 Å². The molecule has 1 fully saturated rings. The highest BCUT2D eigenvalue weighted by atomic mass is 32.2. The molecule has 0 aliphatic carbocycles. The number of fused-ring (bicyclic) bond motifs is 1. The Morgan fingerprint density at radius 1 is 1.12 bits per heavy atom. The van der Waals surface area contributed by atoms with Gasteiger partial charge < -0.3 is 23.7 Å². The van der Waals surface area contributed by atoms with Gasteiger partial charge in [0.2, 0.25) is 5.91 Å². The second-order valence-electron chi connectivity index (χ2n) is 8.60. The molecule has 1 amide bonds. The van der Waals surface area contributed by atoms with E-state index in [1.54, 1.807) is 11.9 Å². The van der Waals surface area contributed by atoms with Gasteiger partial charge in [-0.2, -0.15) is 0 Å². The van der Waals surface area contributed by atoms with E-state index in [2.05, 4.69) is 21.7 Å². The largest absolute Gasteiger partial charge is 0.486 e. The molecule has 7 nitrogen and oxygen atoms in total. The molecule has 1 saturated heterocycles. The first-order valence-electron chi connectivity index (χ1n) is 11.6. The van der Waals surface area contributed by atoms with Gasteiger partial charge in [-0.3, -0.25) is 4.79 Å². The third kappa shape index (κ3) is 5.23. The Hall–Kier alpha value is -2.97. The lowest BCUT2D eigenvalue weighted by Crippen LogP contribution is -2.42. The molecule has 2 aliphatic rings. The number of para-hydroxylation sites is 2. The minimum absolute atomic E-state index is 0.0281. The average molecular weight is 480 g/mol. The van der Waals surface area contributed by atoms with E-state index in [9.17, 15) is 4.79 Å². The number of ether oxygens (including phenoxy) is 3. The molecule has 2 aromatic carbocycles. The van der Waals surface area contributed by atoms with Crippen molar-refractivity contribution in [3.8, 4) is 22.8 Å². The first-order valence-corrected chi connectivity index (χ1v) is 12.6. The summed E-state index contributed by atoms with van der Waals surface area (Å²) < 4.78 is 19.9. The Bertz CT molecular complexity index is 1110. The third-order valence-electron chi connectivity index (χ3n) is 6.09. The molecular weight excluding hydrogens is 450 g/mol. The number of carbonyl (C=O) groups excluding carboxylic acids is 1. The molecule has 3 heterocycles. The number of aromatic nitrogens is 2. The van der Waals surface area contributed by atoms with Crippen LogP contribution in [-0.4, -0.2) is 65.1 Å². The maximum atomic E-state index is 12.9. The first-order chi connectivity index (χ1) is 16.7. The first kappa shape index (κ1) is 22.8. The maximum absolute atomic E-state index is 12.9.